The molecule has 0 amide bonds. The van der Waals surface area contributed by atoms with Crippen LogP contribution in [0.5, 0.6) is 0 Å². The Morgan fingerprint density at radius 2 is 1.63 bits per heavy atom. The highest BCUT2D eigenvalue weighted by Crippen LogP contribution is 2.35. The van der Waals surface area contributed by atoms with Crippen molar-refractivity contribution >= 4 is 28.6 Å². The monoisotopic (exact) mass is 265 g/mol. The predicted octanol–water partition coefficient (Wildman–Crippen LogP) is 5.20. The van der Waals surface area contributed by atoms with Crippen LogP contribution in [0, 0.1) is 0 Å². The Morgan fingerprint density at radius 1 is 0.947 bits per heavy atom. The van der Waals surface area contributed by atoms with Crippen LogP contribution in [0.15, 0.2) is 61.2 Å². The van der Waals surface area contributed by atoms with Gasteiger partial charge in [-0.1, -0.05) is 72.8 Å². The van der Waals surface area contributed by atoms with E-state index < -0.39 is 0 Å². The van der Waals surface area contributed by atoms with E-state index in [1.807, 2.05) is 36.4 Å². The summed E-state index contributed by atoms with van der Waals surface area (Å²) in [5, 5.41) is 1.58. The van der Waals surface area contributed by atoms with Crippen molar-refractivity contribution in [3.05, 3.63) is 71.9 Å². The minimum absolute atomic E-state index is 0.493. The van der Waals surface area contributed by atoms with Crippen molar-refractivity contribution in [1.82, 2.24) is 4.98 Å². The average molecular weight is 266 g/mol. The number of benzene rings is 2. The quantitative estimate of drug-likeness (QED) is 0.581. The molecule has 0 unspecified atom stereocenters. The van der Waals surface area contributed by atoms with Gasteiger partial charge in [0.05, 0.1) is 5.52 Å². The molecule has 3 rings (SSSR count). The number of hydrogen-bond donors (Lipinski definition) is 0. The lowest BCUT2D eigenvalue weighted by Crippen LogP contribution is -1.91. The molecule has 3 aromatic rings. The summed E-state index contributed by atoms with van der Waals surface area (Å²) in [6.45, 7) is 3.86. The summed E-state index contributed by atoms with van der Waals surface area (Å²) in [6.07, 6.45) is 1.77. The molecule has 2 aromatic carbocycles. The summed E-state index contributed by atoms with van der Waals surface area (Å²) >= 11 is 6.28. The standard InChI is InChI=1S/C17H12ClN/c1-2-13-16(12-8-4-3-5-9-12)14-10-6-7-11-15(14)19-17(13)18/h2-11H,1H2. The molecule has 0 aliphatic carbocycles. The molecule has 0 saturated heterocycles. The first-order valence-electron chi connectivity index (χ1n) is 6.07. The molecule has 19 heavy (non-hydrogen) atoms. The fraction of sp³-hybridized carbons (Fsp3) is 0. The number of halogens is 1. The molecule has 0 atom stereocenters. The van der Waals surface area contributed by atoms with Gasteiger partial charge >= 0.3 is 0 Å². The normalized spacial score (nSPS) is 10.6. The molecule has 0 radical (unpaired) electrons. The van der Waals surface area contributed by atoms with Gasteiger partial charge in [-0.3, -0.25) is 0 Å². The van der Waals surface area contributed by atoms with Crippen molar-refractivity contribution in [3.8, 4) is 11.1 Å². The van der Waals surface area contributed by atoms with Crippen LogP contribution in [0.25, 0.3) is 28.1 Å². The second-order valence-electron chi connectivity index (χ2n) is 4.28. The molecule has 1 aromatic heterocycles. The van der Waals surface area contributed by atoms with E-state index in [-0.39, 0.29) is 0 Å². The van der Waals surface area contributed by atoms with Crippen LogP contribution < -0.4 is 0 Å². The summed E-state index contributed by atoms with van der Waals surface area (Å²) in [4.78, 5) is 4.43. The molecule has 1 heterocycles. The predicted molar refractivity (Wildman–Crippen MR) is 82.3 cm³/mol. The Morgan fingerprint density at radius 3 is 2.37 bits per heavy atom. The number of fused-ring (bicyclic) bond motifs is 1. The van der Waals surface area contributed by atoms with Crippen LogP contribution in [0.1, 0.15) is 5.56 Å². The van der Waals surface area contributed by atoms with Crippen molar-refractivity contribution in [1.29, 1.82) is 0 Å². The zero-order chi connectivity index (χ0) is 13.2. The molecule has 0 bridgehead atoms. The lowest BCUT2D eigenvalue weighted by molar-refractivity contribution is 1.39. The molecule has 0 fully saturated rings. The van der Waals surface area contributed by atoms with E-state index in [1.54, 1.807) is 6.08 Å². The second-order valence-corrected chi connectivity index (χ2v) is 4.64. The molecule has 0 aliphatic rings. The number of nitrogens with zero attached hydrogens (tertiary/aromatic N) is 1. The maximum Gasteiger partial charge on any atom is 0.137 e. The van der Waals surface area contributed by atoms with Gasteiger partial charge in [0.2, 0.25) is 0 Å². The van der Waals surface area contributed by atoms with Crippen molar-refractivity contribution in [3.63, 3.8) is 0 Å². The van der Waals surface area contributed by atoms with E-state index in [4.69, 9.17) is 11.6 Å². The molecule has 92 valence electrons. The van der Waals surface area contributed by atoms with Gasteiger partial charge in [0.1, 0.15) is 5.15 Å². The van der Waals surface area contributed by atoms with Crippen molar-refractivity contribution in [2.24, 2.45) is 0 Å². The summed E-state index contributed by atoms with van der Waals surface area (Å²) in [7, 11) is 0. The largest absolute Gasteiger partial charge is 0.235 e. The SMILES string of the molecule is C=Cc1c(Cl)nc2ccccc2c1-c1ccccc1. The van der Waals surface area contributed by atoms with E-state index in [0.29, 0.717) is 5.15 Å². The molecule has 0 saturated carbocycles. The van der Waals surface area contributed by atoms with Crippen LogP contribution in [0.2, 0.25) is 5.15 Å². The Bertz CT molecular complexity index is 748. The molecule has 0 aliphatic heterocycles. The Labute approximate surface area is 117 Å². The van der Waals surface area contributed by atoms with E-state index in [1.165, 1.54) is 0 Å². The van der Waals surface area contributed by atoms with Crippen LogP contribution in [-0.4, -0.2) is 4.98 Å². The van der Waals surface area contributed by atoms with Gasteiger partial charge in [-0.15, -0.1) is 0 Å². The minimum atomic E-state index is 0.493. The average Bonchev–Trinajstić information content (AvgIpc) is 2.46. The number of para-hydroxylation sites is 1. The first kappa shape index (κ1) is 11.9. The first-order valence-corrected chi connectivity index (χ1v) is 6.45. The molecular formula is C17H12ClN. The fourth-order valence-corrected chi connectivity index (χ4v) is 2.56. The highest BCUT2D eigenvalue weighted by atomic mass is 35.5. The van der Waals surface area contributed by atoms with Gasteiger partial charge < -0.3 is 0 Å². The van der Waals surface area contributed by atoms with Crippen LogP contribution in [0.4, 0.5) is 0 Å². The molecule has 2 heteroatoms. The molecule has 0 N–H and O–H groups in total. The molecule has 1 nitrogen and oxygen atoms in total. The van der Waals surface area contributed by atoms with Crippen molar-refractivity contribution in [2.45, 2.75) is 0 Å². The number of rotatable bonds is 2. The molecular weight excluding hydrogens is 254 g/mol. The topological polar surface area (TPSA) is 12.9 Å². The van der Waals surface area contributed by atoms with Crippen LogP contribution >= 0.6 is 11.6 Å². The third-order valence-corrected chi connectivity index (χ3v) is 3.44. The second kappa shape index (κ2) is 4.87. The lowest BCUT2D eigenvalue weighted by Gasteiger charge is -2.12. The lowest BCUT2D eigenvalue weighted by atomic mass is 9.96. The van der Waals surface area contributed by atoms with Gasteiger partial charge in [-0.2, -0.15) is 0 Å². The third-order valence-electron chi connectivity index (χ3n) is 3.15. The maximum atomic E-state index is 6.28. The highest BCUT2D eigenvalue weighted by Gasteiger charge is 2.12. The summed E-state index contributed by atoms with van der Waals surface area (Å²) in [5.74, 6) is 0. The van der Waals surface area contributed by atoms with Crippen molar-refractivity contribution < 1.29 is 0 Å². The smallest absolute Gasteiger partial charge is 0.137 e. The zero-order valence-electron chi connectivity index (χ0n) is 10.3. The van der Waals surface area contributed by atoms with Gasteiger partial charge in [0.25, 0.3) is 0 Å². The Hall–Kier alpha value is -2.12. The third kappa shape index (κ3) is 2.02. The van der Waals surface area contributed by atoms with Gasteiger partial charge in [0.15, 0.2) is 0 Å². The Kier molecular flexibility index (Phi) is 3.06. The van der Waals surface area contributed by atoms with Crippen LogP contribution in [-0.2, 0) is 0 Å². The summed E-state index contributed by atoms with van der Waals surface area (Å²) in [6, 6.07) is 18.2. The summed E-state index contributed by atoms with van der Waals surface area (Å²) in [5.41, 5.74) is 3.99. The van der Waals surface area contributed by atoms with Crippen LogP contribution in [0.3, 0.4) is 0 Å². The highest BCUT2D eigenvalue weighted by molar-refractivity contribution is 6.32. The first-order chi connectivity index (χ1) is 9.31. The van der Waals surface area contributed by atoms with E-state index in [2.05, 4.69) is 29.8 Å². The minimum Gasteiger partial charge on any atom is -0.235 e. The maximum absolute atomic E-state index is 6.28. The number of aromatic nitrogens is 1. The van der Waals surface area contributed by atoms with Gasteiger partial charge in [-0.05, 0) is 11.6 Å². The van der Waals surface area contributed by atoms with E-state index >= 15 is 0 Å². The number of pyridine rings is 1. The number of hydrogen-bond acceptors (Lipinski definition) is 1. The van der Waals surface area contributed by atoms with Gasteiger partial charge in [0, 0.05) is 16.5 Å². The van der Waals surface area contributed by atoms with Crippen molar-refractivity contribution in [2.75, 3.05) is 0 Å². The zero-order valence-corrected chi connectivity index (χ0v) is 11.1. The Balaban J connectivity index is 2.47. The fourth-order valence-electron chi connectivity index (χ4n) is 2.30. The summed E-state index contributed by atoms with van der Waals surface area (Å²) < 4.78 is 0. The van der Waals surface area contributed by atoms with Gasteiger partial charge in [-0.25, -0.2) is 4.98 Å². The molecule has 0 spiro atoms. The van der Waals surface area contributed by atoms with E-state index in [9.17, 15) is 0 Å². The van der Waals surface area contributed by atoms with E-state index in [0.717, 1.165) is 27.6 Å².